The Morgan fingerprint density at radius 3 is 2.21 bits per heavy atom. The summed E-state index contributed by atoms with van der Waals surface area (Å²) in [6, 6.07) is 3.63. The molecule has 0 unspecified atom stereocenters. The molecule has 0 saturated heterocycles. The second-order valence-electron chi connectivity index (χ2n) is 3.31. The van der Waals surface area contributed by atoms with E-state index < -0.39 is 39.1 Å². The van der Waals surface area contributed by atoms with Crippen molar-refractivity contribution in [1.82, 2.24) is 0 Å². The van der Waals surface area contributed by atoms with Gasteiger partial charge >= 0.3 is 28.5 Å². The van der Waals surface area contributed by atoms with Crippen LogP contribution in [-0.4, -0.2) is 26.7 Å². The fourth-order valence-electron chi connectivity index (χ4n) is 1.09. The van der Waals surface area contributed by atoms with E-state index in [-0.39, 0.29) is 0 Å². The molecule has 1 aromatic carbocycles. The van der Waals surface area contributed by atoms with Gasteiger partial charge in [0.05, 0.1) is 5.69 Å². The Hall–Kier alpha value is -1.71. The number of benzene rings is 1. The quantitative estimate of drug-likeness (QED) is 0.685. The monoisotopic (exact) mass is 303 g/mol. The van der Waals surface area contributed by atoms with Crippen molar-refractivity contribution in [2.24, 2.45) is 0 Å². The van der Waals surface area contributed by atoms with Crippen molar-refractivity contribution >= 4 is 21.8 Å². The second-order valence-corrected chi connectivity index (χ2v) is 4.63. The van der Waals surface area contributed by atoms with Crippen LogP contribution in [0.4, 0.5) is 27.1 Å². The Balaban J connectivity index is 3.12. The largest absolute Gasteiger partial charge is 0.383 e. The molecule has 1 amide bonds. The van der Waals surface area contributed by atoms with E-state index in [1.54, 1.807) is 0 Å². The van der Waals surface area contributed by atoms with Gasteiger partial charge in [0.15, 0.2) is 0 Å². The Morgan fingerprint density at radius 1 is 1.21 bits per heavy atom. The van der Waals surface area contributed by atoms with Crippen LogP contribution in [0, 0.1) is 0 Å². The zero-order valence-corrected chi connectivity index (χ0v) is 9.73. The molecule has 1 rings (SSSR count). The summed E-state index contributed by atoms with van der Waals surface area (Å²) in [4.78, 5) is 9.79. The summed E-state index contributed by atoms with van der Waals surface area (Å²) in [6.45, 7) is 0. The van der Waals surface area contributed by atoms with Gasteiger partial charge in [-0.2, -0.15) is 17.2 Å². The van der Waals surface area contributed by atoms with Crippen molar-refractivity contribution in [3.05, 3.63) is 24.3 Å². The number of amides is 1. The van der Waals surface area contributed by atoms with E-state index in [0.717, 1.165) is 18.2 Å². The van der Waals surface area contributed by atoms with Crippen LogP contribution in [-0.2, 0) is 15.0 Å². The van der Waals surface area contributed by atoms with Gasteiger partial charge in [-0.25, -0.2) is 8.78 Å². The van der Waals surface area contributed by atoms with Crippen LogP contribution in [0.25, 0.3) is 0 Å². The highest BCUT2D eigenvalue weighted by Crippen LogP contribution is 2.27. The number of alkyl halides is 4. The van der Waals surface area contributed by atoms with E-state index in [2.05, 4.69) is 0 Å². The number of nitrogens with one attached hydrogen (secondary N) is 1. The first-order valence-corrected chi connectivity index (χ1v) is 5.96. The molecule has 0 atom stereocenters. The molecule has 0 aliphatic carbocycles. The molecule has 0 radical (unpaired) electrons. The Morgan fingerprint density at radius 2 is 1.74 bits per heavy atom. The molecule has 1 aromatic rings. The zero-order valence-electron chi connectivity index (χ0n) is 8.91. The molecular formula is C9H6F5NO3S. The summed E-state index contributed by atoms with van der Waals surface area (Å²) in [5, 5.41) is 1.25. The van der Waals surface area contributed by atoms with Crippen molar-refractivity contribution in [2.45, 2.75) is 17.2 Å². The number of carbonyl (C=O) groups is 1. The minimum atomic E-state index is -5.29. The maximum absolute atomic E-state index is 12.8. The topological polar surface area (TPSA) is 63.2 Å². The van der Waals surface area contributed by atoms with Crippen molar-refractivity contribution < 1.29 is 34.7 Å². The van der Waals surface area contributed by atoms with Crippen molar-refractivity contribution in [3.8, 4) is 0 Å². The highest BCUT2D eigenvalue weighted by molar-refractivity contribution is 7.86. The maximum Gasteiger partial charge on any atom is 0.383 e. The maximum atomic E-state index is 12.8. The average molecular weight is 303 g/mol. The molecule has 10 heteroatoms. The van der Waals surface area contributed by atoms with E-state index in [4.69, 9.17) is 0 Å². The fourth-order valence-corrected chi connectivity index (χ4v) is 1.71. The third-order valence-electron chi connectivity index (χ3n) is 1.97. The lowest BCUT2D eigenvalue weighted by atomic mass is 10.2. The van der Waals surface area contributed by atoms with Crippen LogP contribution >= 0.6 is 0 Å². The van der Waals surface area contributed by atoms with Crippen LogP contribution < -0.4 is 5.32 Å². The Bertz CT molecular complexity index is 587. The third-order valence-corrected chi connectivity index (χ3v) is 2.86. The third kappa shape index (κ3) is 3.40. The van der Waals surface area contributed by atoms with E-state index in [1.165, 1.54) is 5.32 Å². The van der Waals surface area contributed by atoms with Gasteiger partial charge in [0.25, 0.3) is 0 Å². The predicted molar refractivity (Wildman–Crippen MR) is 54.3 cm³/mol. The van der Waals surface area contributed by atoms with Crippen LogP contribution in [0.1, 0.15) is 0 Å². The van der Waals surface area contributed by atoms with E-state index in [1.807, 2.05) is 0 Å². The van der Waals surface area contributed by atoms with Crippen LogP contribution in [0.3, 0.4) is 0 Å². The summed E-state index contributed by atoms with van der Waals surface area (Å²) in [7, 11) is -5.29. The van der Waals surface area contributed by atoms with E-state index >= 15 is 0 Å². The predicted octanol–water partition coefficient (Wildman–Crippen LogP) is 2.18. The number of anilines is 1. The minimum Gasteiger partial charge on any atom is -0.319 e. The molecule has 0 heterocycles. The molecule has 1 N–H and O–H groups in total. The van der Waals surface area contributed by atoms with Crippen molar-refractivity contribution in [3.63, 3.8) is 0 Å². The van der Waals surface area contributed by atoms with Gasteiger partial charge in [0, 0.05) is 0 Å². The van der Waals surface area contributed by atoms with Gasteiger partial charge in [-0.15, -0.1) is 3.89 Å². The Kier molecular flexibility index (Phi) is 4.13. The number of rotatable bonds is 4. The molecular weight excluding hydrogens is 297 g/mol. The standard InChI is InChI=1S/C9H6F5NO3S/c10-7(11)9(12,13)8(16)15-5-3-1-2-4-6(5)19(14,17)18/h1-4,7H,(H,15,16). The van der Waals surface area contributed by atoms with Gasteiger partial charge in [0.1, 0.15) is 4.90 Å². The van der Waals surface area contributed by atoms with Crippen LogP contribution in [0.15, 0.2) is 29.2 Å². The van der Waals surface area contributed by atoms with Gasteiger partial charge < -0.3 is 5.32 Å². The highest BCUT2D eigenvalue weighted by Gasteiger charge is 2.49. The van der Waals surface area contributed by atoms with Crippen LogP contribution in [0.5, 0.6) is 0 Å². The Labute approximate surface area is 104 Å². The molecule has 19 heavy (non-hydrogen) atoms. The summed E-state index contributed by atoms with van der Waals surface area (Å²) in [6.07, 6.45) is -4.28. The minimum absolute atomic E-state index is 0.686. The lowest BCUT2D eigenvalue weighted by molar-refractivity contribution is -0.163. The molecule has 0 bridgehead atoms. The SMILES string of the molecule is O=C(Nc1ccccc1S(=O)(=O)F)C(F)(F)C(F)F. The first kappa shape index (κ1) is 15.3. The van der Waals surface area contributed by atoms with Crippen molar-refractivity contribution in [1.29, 1.82) is 0 Å². The van der Waals surface area contributed by atoms with Gasteiger partial charge in [0.2, 0.25) is 0 Å². The number of carbonyl (C=O) groups excluding carboxylic acids is 1. The molecule has 0 spiro atoms. The van der Waals surface area contributed by atoms with E-state index in [0.29, 0.717) is 6.07 Å². The molecule has 0 saturated carbocycles. The van der Waals surface area contributed by atoms with Gasteiger partial charge in [-0.3, -0.25) is 4.79 Å². The molecule has 0 aromatic heterocycles. The van der Waals surface area contributed by atoms with E-state index in [9.17, 15) is 34.7 Å². The number of hydrogen-bond acceptors (Lipinski definition) is 3. The van der Waals surface area contributed by atoms with Crippen molar-refractivity contribution in [2.75, 3.05) is 5.32 Å². The number of halogens is 5. The van der Waals surface area contributed by atoms with Crippen LogP contribution in [0.2, 0.25) is 0 Å². The lowest BCUT2D eigenvalue weighted by Crippen LogP contribution is -2.41. The molecule has 0 aliphatic heterocycles. The molecule has 4 nitrogen and oxygen atoms in total. The normalized spacial score (nSPS) is 12.5. The summed E-state index contributed by atoms with van der Waals surface area (Å²) in [5.74, 6) is -7.45. The molecule has 106 valence electrons. The molecule has 0 aliphatic rings. The number of para-hydroxylation sites is 1. The summed E-state index contributed by atoms with van der Waals surface area (Å²) >= 11 is 0. The average Bonchev–Trinajstić information content (AvgIpc) is 2.27. The van der Waals surface area contributed by atoms with Gasteiger partial charge in [-0.05, 0) is 12.1 Å². The lowest BCUT2D eigenvalue weighted by Gasteiger charge is -2.15. The molecule has 0 fully saturated rings. The van der Waals surface area contributed by atoms with Gasteiger partial charge in [-0.1, -0.05) is 12.1 Å². The summed E-state index contributed by atoms with van der Waals surface area (Å²) < 4.78 is 83.2. The highest BCUT2D eigenvalue weighted by atomic mass is 32.3. The smallest absolute Gasteiger partial charge is 0.319 e. The zero-order chi connectivity index (χ0) is 14.8. The number of hydrogen-bond donors (Lipinski definition) is 1. The first-order chi connectivity index (χ1) is 8.56. The summed E-state index contributed by atoms with van der Waals surface area (Å²) in [5.41, 5.74) is -0.852. The fraction of sp³-hybridized carbons (Fsp3) is 0.222. The second kappa shape index (κ2) is 5.11. The first-order valence-electron chi connectivity index (χ1n) is 4.58.